The molecule has 10 nitrogen and oxygen atoms in total. The first kappa shape index (κ1) is 13.5. The van der Waals surface area contributed by atoms with Crippen LogP contribution < -0.4 is 5.73 Å². The zero-order valence-corrected chi connectivity index (χ0v) is 10.7. The molecule has 2 aromatic rings. The Morgan fingerprint density at radius 2 is 2.43 bits per heavy atom. The average Bonchev–Trinajstić information content (AvgIpc) is 3.02. The quantitative estimate of drug-likeness (QED) is 0.364. The van der Waals surface area contributed by atoms with Gasteiger partial charge in [-0.3, -0.25) is 4.57 Å². The van der Waals surface area contributed by atoms with Gasteiger partial charge in [0.15, 0.2) is 11.2 Å². The number of fused-ring (bicyclic) bond motifs is 1. The fourth-order valence-corrected chi connectivity index (χ4v) is 2.35. The number of nitrogens with zero attached hydrogens (tertiary/aromatic N) is 7. The van der Waals surface area contributed by atoms with Gasteiger partial charge in [0, 0.05) is 11.3 Å². The second kappa shape index (κ2) is 5.13. The van der Waals surface area contributed by atoms with Crippen molar-refractivity contribution >= 4 is 17.1 Å². The highest BCUT2D eigenvalue weighted by Crippen LogP contribution is 2.32. The van der Waals surface area contributed by atoms with E-state index >= 15 is 0 Å². The van der Waals surface area contributed by atoms with Crippen LogP contribution in [0, 0.1) is 5.95 Å². The first-order valence-electron chi connectivity index (χ1n) is 6.10. The molecule has 110 valence electrons. The number of anilines is 1. The van der Waals surface area contributed by atoms with Crippen LogP contribution in [0.4, 0.5) is 10.3 Å². The van der Waals surface area contributed by atoms with Crippen molar-refractivity contribution in [1.29, 1.82) is 0 Å². The minimum absolute atomic E-state index is 0.0272. The Morgan fingerprint density at radius 3 is 3.14 bits per heavy atom. The normalized spacial score (nSPS) is 25.1. The zero-order valence-electron chi connectivity index (χ0n) is 10.7. The number of imidazole rings is 1. The molecule has 0 radical (unpaired) electrons. The largest absolute Gasteiger partial charge is 0.394 e. The summed E-state index contributed by atoms with van der Waals surface area (Å²) in [6, 6.07) is -0.522. The molecule has 0 saturated carbocycles. The van der Waals surface area contributed by atoms with Crippen molar-refractivity contribution in [2.75, 3.05) is 12.3 Å². The van der Waals surface area contributed by atoms with E-state index in [0.29, 0.717) is 6.42 Å². The Labute approximate surface area is 117 Å². The molecule has 1 aliphatic rings. The van der Waals surface area contributed by atoms with Crippen LogP contribution in [0.3, 0.4) is 0 Å². The van der Waals surface area contributed by atoms with Crippen molar-refractivity contribution in [1.82, 2.24) is 19.5 Å². The highest BCUT2D eigenvalue weighted by molar-refractivity contribution is 5.71. The van der Waals surface area contributed by atoms with Gasteiger partial charge in [0.25, 0.3) is 0 Å². The van der Waals surface area contributed by atoms with Gasteiger partial charge in [-0.05, 0) is 5.53 Å². The SMILES string of the molecule is [N-]=[N+]=NC1C[C@@H](n2cnc3c(F)nc(N)nc32)O[C@H]1CO. The van der Waals surface area contributed by atoms with E-state index in [-0.39, 0.29) is 23.7 Å². The zero-order chi connectivity index (χ0) is 15.0. The molecular weight excluding hydrogens is 283 g/mol. The smallest absolute Gasteiger partial charge is 0.245 e. The summed E-state index contributed by atoms with van der Waals surface area (Å²) in [5.74, 6) is -1.04. The minimum atomic E-state index is -0.820. The second-order valence-corrected chi connectivity index (χ2v) is 4.52. The van der Waals surface area contributed by atoms with Crippen LogP contribution in [0.5, 0.6) is 0 Å². The van der Waals surface area contributed by atoms with Crippen molar-refractivity contribution in [3.05, 3.63) is 22.7 Å². The van der Waals surface area contributed by atoms with Crippen molar-refractivity contribution in [2.45, 2.75) is 24.8 Å². The summed E-state index contributed by atoms with van der Waals surface area (Å²) < 4.78 is 20.7. The molecule has 2 aromatic heterocycles. The van der Waals surface area contributed by atoms with Crippen LogP contribution in [0.15, 0.2) is 11.4 Å². The number of aliphatic hydroxyl groups is 1. The van der Waals surface area contributed by atoms with E-state index in [1.807, 2.05) is 0 Å². The topological polar surface area (TPSA) is 148 Å². The van der Waals surface area contributed by atoms with Crippen LogP contribution in [-0.4, -0.2) is 43.4 Å². The van der Waals surface area contributed by atoms with Gasteiger partial charge < -0.3 is 15.6 Å². The summed E-state index contributed by atoms with van der Waals surface area (Å²) in [6.45, 7) is -0.293. The summed E-state index contributed by atoms with van der Waals surface area (Å²) in [5, 5.41) is 12.8. The highest BCUT2D eigenvalue weighted by atomic mass is 19.1. The second-order valence-electron chi connectivity index (χ2n) is 4.52. The van der Waals surface area contributed by atoms with Gasteiger partial charge in [-0.25, -0.2) is 4.98 Å². The number of ether oxygens (including phenoxy) is 1. The number of nitrogen functional groups attached to an aromatic ring is 1. The van der Waals surface area contributed by atoms with Gasteiger partial charge in [0.2, 0.25) is 11.9 Å². The molecule has 3 heterocycles. The number of azide groups is 1. The minimum Gasteiger partial charge on any atom is -0.394 e. The lowest BCUT2D eigenvalue weighted by molar-refractivity contribution is -0.0232. The summed E-state index contributed by atoms with van der Waals surface area (Å²) in [7, 11) is 0. The molecular formula is C10H11FN8O2. The maximum Gasteiger partial charge on any atom is 0.245 e. The molecule has 3 rings (SSSR count). The predicted molar refractivity (Wildman–Crippen MR) is 68.2 cm³/mol. The Morgan fingerprint density at radius 1 is 1.62 bits per heavy atom. The molecule has 1 saturated heterocycles. The fourth-order valence-electron chi connectivity index (χ4n) is 2.35. The number of rotatable bonds is 3. The molecule has 0 spiro atoms. The van der Waals surface area contributed by atoms with Gasteiger partial charge in [0.05, 0.1) is 25.1 Å². The maximum absolute atomic E-state index is 13.6. The number of nitrogens with two attached hydrogens (primary N) is 1. The van der Waals surface area contributed by atoms with E-state index in [1.165, 1.54) is 10.9 Å². The van der Waals surface area contributed by atoms with Gasteiger partial charge >= 0.3 is 0 Å². The predicted octanol–water partition coefficient (Wildman–Crippen LogP) is 0.506. The van der Waals surface area contributed by atoms with Crippen molar-refractivity contribution in [3.63, 3.8) is 0 Å². The summed E-state index contributed by atoms with van der Waals surface area (Å²) in [5.41, 5.74) is 14.1. The number of hydrogen-bond donors (Lipinski definition) is 2. The van der Waals surface area contributed by atoms with Crippen LogP contribution in [-0.2, 0) is 4.74 Å². The molecule has 1 unspecified atom stereocenters. The summed E-state index contributed by atoms with van der Waals surface area (Å²) in [4.78, 5) is 14.0. The number of halogens is 1. The fraction of sp³-hybridized carbons (Fsp3) is 0.500. The molecule has 1 fully saturated rings. The molecule has 3 atom stereocenters. The number of aromatic nitrogens is 4. The molecule has 11 heteroatoms. The monoisotopic (exact) mass is 294 g/mol. The van der Waals surface area contributed by atoms with E-state index in [2.05, 4.69) is 25.0 Å². The average molecular weight is 294 g/mol. The van der Waals surface area contributed by atoms with E-state index in [0.717, 1.165) is 0 Å². The molecule has 0 bridgehead atoms. The summed E-state index contributed by atoms with van der Waals surface area (Å²) >= 11 is 0. The van der Waals surface area contributed by atoms with Crippen molar-refractivity contribution in [2.24, 2.45) is 5.11 Å². The first-order valence-corrected chi connectivity index (χ1v) is 6.10. The third kappa shape index (κ3) is 2.23. The lowest BCUT2D eigenvalue weighted by Gasteiger charge is -2.13. The van der Waals surface area contributed by atoms with Crippen LogP contribution >= 0.6 is 0 Å². The molecule has 1 aliphatic heterocycles. The van der Waals surface area contributed by atoms with Crippen molar-refractivity contribution in [3.8, 4) is 0 Å². The van der Waals surface area contributed by atoms with Gasteiger partial charge in [-0.15, -0.1) is 0 Å². The van der Waals surface area contributed by atoms with E-state index in [4.69, 9.17) is 16.0 Å². The Kier molecular flexibility index (Phi) is 3.29. The molecule has 0 aromatic carbocycles. The Balaban J connectivity index is 2.00. The number of aliphatic hydroxyl groups excluding tert-OH is 1. The van der Waals surface area contributed by atoms with Crippen LogP contribution in [0.2, 0.25) is 0 Å². The molecule has 21 heavy (non-hydrogen) atoms. The lowest BCUT2D eigenvalue weighted by atomic mass is 10.1. The van der Waals surface area contributed by atoms with Gasteiger partial charge in [-0.2, -0.15) is 14.4 Å². The molecule has 0 aliphatic carbocycles. The number of hydrogen-bond acceptors (Lipinski definition) is 7. The molecule has 3 N–H and O–H groups in total. The third-order valence-electron chi connectivity index (χ3n) is 3.29. The van der Waals surface area contributed by atoms with Crippen LogP contribution in [0.25, 0.3) is 21.6 Å². The maximum atomic E-state index is 13.6. The highest BCUT2D eigenvalue weighted by Gasteiger charge is 2.36. The van der Waals surface area contributed by atoms with E-state index in [1.54, 1.807) is 0 Å². The van der Waals surface area contributed by atoms with Gasteiger partial charge in [-0.1, -0.05) is 5.11 Å². The Hall–Kier alpha value is -2.49. The van der Waals surface area contributed by atoms with Crippen molar-refractivity contribution < 1.29 is 14.2 Å². The van der Waals surface area contributed by atoms with Gasteiger partial charge in [0.1, 0.15) is 6.23 Å². The standard InChI is InChI=1S/C10H11FN8O2/c11-8-7-9(16-10(12)15-8)19(3-14-7)6-1-4(17-18-13)5(2-20)21-6/h3-6,20H,1-2H2,(H2,12,15,16)/t4?,5-,6-/m0/s1. The lowest BCUT2D eigenvalue weighted by Crippen LogP contribution is -2.22. The third-order valence-corrected chi connectivity index (χ3v) is 3.29. The molecule has 0 amide bonds. The first-order chi connectivity index (χ1) is 10.1. The van der Waals surface area contributed by atoms with E-state index < -0.39 is 24.3 Å². The summed E-state index contributed by atoms with van der Waals surface area (Å²) in [6.07, 6.45) is 0.440. The van der Waals surface area contributed by atoms with Crippen LogP contribution in [0.1, 0.15) is 12.6 Å². The Bertz CT molecular complexity index is 727. The van der Waals surface area contributed by atoms with E-state index in [9.17, 15) is 9.50 Å².